The van der Waals surface area contributed by atoms with Gasteiger partial charge in [0, 0.05) is 10.9 Å². The topological polar surface area (TPSA) is 158 Å². The number of guanidine groups is 1. The lowest BCUT2D eigenvalue weighted by molar-refractivity contribution is -0.137. The van der Waals surface area contributed by atoms with Crippen LogP contribution in [0.1, 0.15) is 18.2 Å². The number of methoxy groups -OCH3 is 1. The second-order valence-corrected chi connectivity index (χ2v) is 6.77. The van der Waals surface area contributed by atoms with Crippen LogP contribution in [0.25, 0.3) is 16.7 Å². The molecule has 10 nitrogen and oxygen atoms in total. The number of esters is 1. The molecule has 0 bridgehead atoms. The van der Waals surface area contributed by atoms with Gasteiger partial charge in [0.05, 0.1) is 24.9 Å². The Bertz CT molecular complexity index is 1270. The number of hydrogen-bond donors (Lipinski definition) is 3. The highest BCUT2D eigenvalue weighted by Crippen LogP contribution is 2.23. The maximum absolute atomic E-state index is 12.5. The lowest BCUT2D eigenvalue weighted by Crippen LogP contribution is -2.27. The maximum Gasteiger partial charge on any atom is 0.345 e. The van der Waals surface area contributed by atoms with Crippen LogP contribution >= 0.6 is 0 Å². The first-order chi connectivity index (χ1) is 15.8. The fraction of sp³-hybridized carbons (Fsp3) is 0.174. The van der Waals surface area contributed by atoms with Crippen LogP contribution in [0.3, 0.4) is 0 Å². The monoisotopic (exact) mass is 448 g/mol. The minimum Gasteiger partial charge on any atom is -0.506 e. The Hall–Kier alpha value is -4.47. The van der Waals surface area contributed by atoms with Crippen molar-refractivity contribution in [2.75, 3.05) is 13.7 Å². The van der Waals surface area contributed by atoms with E-state index in [1.807, 2.05) is 6.07 Å². The summed E-state index contributed by atoms with van der Waals surface area (Å²) in [5, 5.41) is 11.5. The minimum absolute atomic E-state index is 0.0631. The highest BCUT2D eigenvalue weighted by atomic mass is 16.5. The number of fused-ring (bicyclic) bond motifs is 1. The molecule has 0 atom stereocenters. The average molecular weight is 448 g/mol. The number of nitrogens with zero attached hydrogens (tertiary/aromatic N) is 4. The van der Waals surface area contributed by atoms with E-state index in [0.717, 1.165) is 5.39 Å². The van der Waals surface area contributed by atoms with Crippen molar-refractivity contribution >= 4 is 40.4 Å². The number of carbonyl (C=O) groups excluding carboxylic acids is 1. The molecule has 3 rings (SSSR count). The molecule has 1 aromatic heterocycles. The molecule has 0 aliphatic heterocycles. The fourth-order valence-corrected chi connectivity index (χ4v) is 3.00. The van der Waals surface area contributed by atoms with E-state index >= 15 is 0 Å². The number of carbonyl (C=O) groups is 1. The molecule has 2 aromatic carbocycles. The van der Waals surface area contributed by atoms with Gasteiger partial charge in [0.25, 0.3) is 5.95 Å². The van der Waals surface area contributed by atoms with Crippen molar-refractivity contribution in [3.05, 3.63) is 65.4 Å². The van der Waals surface area contributed by atoms with Crippen molar-refractivity contribution in [3.63, 3.8) is 0 Å². The van der Waals surface area contributed by atoms with Gasteiger partial charge in [-0.25, -0.2) is 14.8 Å². The predicted octanol–water partition coefficient (Wildman–Crippen LogP) is 2.78. The van der Waals surface area contributed by atoms with Crippen LogP contribution in [0.4, 0.5) is 5.95 Å². The molecule has 0 aliphatic rings. The van der Waals surface area contributed by atoms with Gasteiger partial charge in [-0.15, -0.1) is 0 Å². The number of aliphatic imine (C=N–C) groups is 2. The molecule has 0 radical (unpaired) electrons. The average Bonchev–Trinajstić information content (AvgIpc) is 2.79. The largest absolute Gasteiger partial charge is 0.506 e. The van der Waals surface area contributed by atoms with Gasteiger partial charge in [0.1, 0.15) is 22.9 Å². The summed E-state index contributed by atoms with van der Waals surface area (Å²) in [6.45, 7) is 3.51. The maximum atomic E-state index is 12.5. The van der Waals surface area contributed by atoms with Crippen LogP contribution in [0, 0.1) is 6.92 Å². The van der Waals surface area contributed by atoms with Crippen molar-refractivity contribution in [1.82, 2.24) is 9.97 Å². The third-order valence-corrected chi connectivity index (χ3v) is 4.55. The van der Waals surface area contributed by atoms with Crippen molar-refractivity contribution in [3.8, 4) is 5.75 Å². The Morgan fingerprint density at radius 3 is 2.52 bits per heavy atom. The van der Waals surface area contributed by atoms with E-state index in [4.69, 9.17) is 20.9 Å². The zero-order valence-corrected chi connectivity index (χ0v) is 18.4. The molecule has 5 N–H and O–H groups in total. The molecule has 3 aromatic rings. The molecule has 10 heteroatoms. The summed E-state index contributed by atoms with van der Waals surface area (Å²) < 4.78 is 10.2. The Morgan fingerprint density at radius 2 is 1.85 bits per heavy atom. The summed E-state index contributed by atoms with van der Waals surface area (Å²) in [7, 11) is 1.58. The molecule has 0 amide bonds. The number of amidine groups is 1. The zero-order valence-electron chi connectivity index (χ0n) is 18.4. The molecular formula is C23H24N6O4. The molecule has 1 heterocycles. The van der Waals surface area contributed by atoms with Crippen LogP contribution in [0.5, 0.6) is 5.75 Å². The smallest absolute Gasteiger partial charge is 0.345 e. The Morgan fingerprint density at radius 1 is 1.12 bits per heavy atom. The van der Waals surface area contributed by atoms with Gasteiger partial charge < -0.3 is 26.0 Å². The van der Waals surface area contributed by atoms with E-state index in [9.17, 15) is 9.90 Å². The molecule has 0 spiro atoms. The third-order valence-electron chi connectivity index (χ3n) is 4.55. The lowest BCUT2D eigenvalue weighted by atomic mass is 10.1. The summed E-state index contributed by atoms with van der Waals surface area (Å²) in [4.78, 5) is 29.2. The first-order valence-corrected chi connectivity index (χ1v) is 10.0. The van der Waals surface area contributed by atoms with Gasteiger partial charge in [-0.2, -0.15) is 9.98 Å². The van der Waals surface area contributed by atoms with Crippen molar-refractivity contribution in [2.45, 2.75) is 13.8 Å². The standard InChI is InChI=1S/C23H24N6O4/c1-4-33-21(31)18(19(30)14-8-6-5-7-9-14)20(24)28-22(25)29-23-26-13(2)16-12-15(32-3)10-11-17(16)27-23/h5-12,30H,4H2,1-3H3,(H4,24,25,26,27,28,29)/b19-18+. The quantitative estimate of drug-likeness (QED) is 0.171. The van der Waals surface area contributed by atoms with Crippen LogP contribution in [-0.4, -0.2) is 46.6 Å². The van der Waals surface area contributed by atoms with Crippen molar-refractivity contribution in [2.24, 2.45) is 21.5 Å². The number of benzene rings is 2. The van der Waals surface area contributed by atoms with Crippen LogP contribution in [0.15, 0.2) is 64.1 Å². The van der Waals surface area contributed by atoms with E-state index in [2.05, 4.69) is 20.0 Å². The second-order valence-electron chi connectivity index (χ2n) is 6.77. The van der Waals surface area contributed by atoms with Gasteiger partial charge in [0.2, 0.25) is 5.96 Å². The van der Waals surface area contributed by atoms with Crippen molar-refractivity contribution < 1.29 is 19.4 Å². The van der Waals surface area contributed by atoms with E-state index < -0.39 is 11.7 Å². The van der Waals surface area contributed by atoms with Crippen LogP contribution < -0.4 is 16.2 Å². The molecule has 0 fully saturated rings. The number of aliphatic hydroxyl groups is 1. The highest BCUT2D eigenvalue weighted by Gasteiger charge is 2.22. The summed E-state index contributed by atoms with van der Waals surface area (Å²) in [5.41, 5.74) is 13.3. The SMILES string of the molecule is CCOC(=O)C(/C(N)=N\C(N)=N\c1nc(C)c2cc(OC)ccc2n1)=C(/O)c1ccccc1. The number of aryl methyl sites for hydroxylation is 1. The Balaban J connectivity index is 2.01. The molecule has 170 valence electrons. The normalized spacial score (nSPS) is 12.9. The molecule has 0 unspecified atom stereocenters. The number of hydrogen-bond acceptors (Lipinski definition) is 7. The van der Waals surface area contributed by atoms with E-state index in [-0.39, 0.29) is 29.9 Å². The van der Waals surface area contributed by atoms with Gasteiger partial charge in [0.15, 0.2) is 0 Å². The summed E-state index contributed by atoms with van der Waals surface area (Å²) >= 11 is 0. The first-order valence-electron chi connectivity index (χ1n) is 10.0. The Labute approximate surface area is 190 Å². The van der Waals surface area contributed by atoms with E-state index in [1.165, 1.54) is 0 Å². The Kier molecular flexibility index (Phi) is 7.19. The number of nitrogens with two attached hydrogens (primary N) is 2. The summed E-state index contributed by atoms with van der Waals surface area (Å²) in [5.74, 6) is -1.16. The van der Waals surface area contributed by atoms with Gasteiger partial charge >= 0.3 is 5.97 Å². The predicted molar refractivity (Wildman–Crippen MR) is 126 cm³/mol. The summed E-state index contributed by atoms with van der Waals surface area (Å²) in [6, 6.07) is 13.8. The van der Waals surface area contributed by atoms with E-state index in [1.54, 1.807) is 63.4 Å². The van der Waals surface area contributed by atoms with Gasteiger partial charge in [-0.1, -0.05) is 30.3 Å². The molecule has 0 saturated carbocycles. The number of aromatic nitrogens is 2. The molecular weight excluding hydrogens is 424 g/mol. The van der Waals surface area contributed by atoms with E-state index in [0.29, 0.717) is 22.5 Å². The lowest BCUT2D eigenvalue weighted by Gasteiger charge is -2.10. The highest BCUT2D eigenvalue weighted by molar-refractivity contribution is 6.24. The van der Waals surface area contributed by atoms with Crippen LogP contribution in [0.2, 0.25) is 0 Å². The molecule has 33 heavy (non-hydrogen) atoms. The number of ether oxygens (including phenoxy) is 2. The second kappa shape index (κ2) is 10.2. The summed E-state index contributed by atoms with van der Waals surface area (Å²) in [6.07, 6.45) is 0. The van der Waals surface area contributed by atoms with Crippen LogP contribution in [-0.2, 0) is 9.53 Å². The van der Waals surface area contributed by atoms with Gasteiger partial charge in [-0.05, 0) is 32.0 Å². The third kappa shape index (κ3) is 5.42. The minimum atomic E-state index is -0.848. The number of aliphatic hydroxyl groups excluding tert-OH is 1. The molecule has 0 saturated heterocycles. The number of rotatable bonds is 6. The van der Waals surface area contributed by atoms with Crippen molar-refractivity contribution in [1.29, 1.82) is 0 Å². The first kappa shape index (κ1) is 23.2. The molecule has 0 aliphatic carbocycles. The van der Waals surface area contributed by atoms with Gasteiger partial charge in [-0.3, -0.25) is 0 Å². The zero-order chi connectivity index (χ0) is 24.0. The fourth-order valence-electron chi connectivity index (χ4n) is 3.00.